The summed E-state index contributed by atoms with van der Waals surface area (Å²) in [7, 11) is 0. The van der Waals surface area contributed by atoms with Crippen molar-refractivity contribution in [3.05, 3.63) is 54.1 Å². The van der Waals surface area contributed by atoms with E-state index < -0.39 is 11.7 Å². The molecule has 0 saturated carbocycles. The van der Waals surface area contributed by atoms with E-state index in [0.717, 1.165) is 6.07 Å². The lowest BCUT2D eigenvalue weighted by Gasteiger charge is -2.14. The molecular weight excluding hydrogens is 297 g/mol. The topological polar surface area (TPSA) is 38.4 Å². The van der Waals surface area contributed by atoms with Crippen LogP contribution in [0, 0.1) is 0 Å². The summed E-state index contributed by atoms with van der Waals surface area (Å²) >= 11 is 1.24. The Labute approximate surface area is 124 Å². The molecule has 0 saturated heterocycles. The highest BCUT2D eigenvalue weighted by Gasteiger charge is 2.33. The lowest BCUT2D eigenvalue weighted by Crippen LogP contribution is -2.07. The smallest absolute Gasteiger partial charge is 0.378 e. The first kappa shape index (κ1) is 15.4. The fourth-order valence-corrected chi connectivity index (χ4v) is 2.12. The zero-order chi connectivity index (χ0) is 15.5. The Kier molecular flexibility index (Phi) is 4.57. The van der Waals surface area contributed by atoms with Crippen molar-refractivity contribution in [3.8, 4) is 11.1 Å². The Bertz CT molecular complexity index is 666. The molecule has 2 nitrogen and oxygen atoms in total. The quantitative estimate of drug-likeness (QED) is 0.646. The zero-order valence-electron chi connectivity index (χ0n) is 11.2. The van der Waals surface area contributed by atoms with Gasteiger partial charge in [0.1, 0.15) is 0 Å². The molecule has 0 atom stereocenters. The number of hydrogen-bond acceptors (Lipinski definition) is 2. The van der Waals surface area contributed by atoms with Gasteiger partial charge < -0.3 is 5.73 Å². The van der Waals surface area contributed by atoms with Gasteiger partial charge in [-0.1, -0.05) is 48.2 Å². The van der Waals surface area contributed by atoms with Crippen LogP contribution < -0.4 is 5.73 Å². The van der Waals surface area contributed by atoms with E-state index >= 15 is 0 Å². The minimum atomic E-state index is -4.42. The van der Waals surface area contributed by atoms with Gasteiger partial charge >= 0.3 is 6.18 Å². The molecule has 0 bridgehead atoms. The van der Waals surface area contributed by atoms with E-state index in [2.05, 4.69) is 4.99 Å². The molecule has 2 N–H and O–H groups in total. The monoisotopic (exact) mass is 310 g/mol. The van der Waals surface area contributed by atoms with Crippen LogP contribution in [0.1, 0.15) is 5.56 Å². The lowest BCUT2D eigenvalue weighted by molar-refractivity contribution is -0.137. The second-order valence-corrected chi connectivity index (χ2v) is 5.04. The summed E-state index contributed by atoms with van der Waals surface area (Å²) in [6, 6.07) is 12.1. The molecule has 0 aliphatic rings. The van der Waals surface area contributed by atoms with Gasteiger partial charge in [0.2, 0.25) is 0 Å². The molecule has 0 aliphatic heterocycles. The van der Waals surface area contributed by atoms with Gasteiger partial charge in [0.15, 0.2) is 5.17 Å². The van der Waals surface area contributed by atoms with Gasteiger partial charge in [0, 0.05) is 5.56 Å². The van der Waals surface area contributed by atoms with Crippen LogP contribution in [-0.4, -0.2) is 11.4 Å². The number of alkyl halides is 3. The Balaban J connectivity index is 2.64. The predicted molar refractivity (Wildman–Crippen MR) is 81.7 cm³/mol. The van der Waals surface area contributed by atoms with Crippen molar-refractivity contribution in [2.45, 2.75) is 6.18 Å². The van der Waals surface area contributed by atoms with E-state index in [1.807, 2.05) is 0 Å². The average Bonchev–Trinajstić information content (AvgIpc) is 2.47. The maximum atomic E-state index is 13.1. The standard InChI is InChI=1S/C15H13F3N2S/c1-21-14(19)20-13-9-5-3-7-11(13)10-6-2-4-8-12(10)15(16,17)18/h2-9H,1H3,(H2,19,20). The van der Waals surface area contributed by atoms with Gasteiger partial charge in [0.05, 0.1) is 11.3 Å². The summed E-state index contributed by atoms with van der Waals surface area (Å²) in [4.78, 5) is 4.17. The highest BCUT2D eigenvalue weighted by molar-refractivity contribution is 8.13. The van der Waals surface area contributed by atoms with E-state index in [4.69, 9.17) is 5.73 Å². The van der Waals surface area contributed by atoms with E-state index in [-0.39, 0.29) is 5.56 Å². The third-order valence-corrected chi connectivity index (χ3v) is 3.38. The Morgan fingerprint density at radius 2 is 1.57 bits per heavy atom. The highest BCUT2D eigenvalue weighted by atomic mass is 32.2. The largest absolute Gasteiger partial charge is 0.417 e. The number of nitrogens with two attached hydrogens (primary N) is 1. The normalized spacial score (nSPS) is 12.5. The molecule has 0 unspecified atom stereocenters. The second-order valence-electron chi connectivity index (χ2n) is 4.21. The molecule has 2 aromatic carbocycles. The molecule has 0 radical (unpaired) electrons. The predicted octanol–water partition coefficient (Wildman–Crippen LogP) is 4.68. The van der Waals surface area contributed by atoms with Gasteiger partial charge in [-0.25, -0.2) is 4.99 Å². The number of hydrogen-bond donors (Lipinski definition) is 1. The lowest BCUT2D eigenvalue weighted by atomic mass is 9.98. The van der Waals surface area contributed by atoms with Crippen LogP contribution in [0.3, 0.4) is 0 Å². The fourth-order valence-electron chi connectivity index (χ4n) is 1.93. The van der Waals surface area contributed by atoms with E-state index in [0.29, 0.717) is 16.4 Å². The van der Waals surface area contributed by atoms with E-state index in [1.165, 1.54) is 23.9 Å². The minimum absolute atomic E-state index is 0.0956. The number of para-hydroxylation sites is 1. The molecule has 2 aromatic rings. The van der Waals surface area contributed by atoms with Crippen molar-refractivity contribution in [2.75, 3.05) is 6.26 Å². The molecule has 0 amide bonds. The van der Waals surface area contributed by atoms with Gasteiger partial charge in [-0.05, 0) is 24.0 Å². The van der Waals surface area contributed by atoms with Crippen LogP contribution in [-0.2, 0) is 6.18 Å². The summed E-state index contributed by atoms with van der Waals surface area (Å²) in [6.07, 6.45) is -2.66. The maximum absolute atomic E-state index is 13.1. The molecular formula is C15H13F3N2S. The number of thioether (sulfide) groups is 1. The van der Waals surface area contributed by atoms with E-state index in [9.17, 15) is 13.2 Å². The van der Waals surface area contributed by atoms with E-state index in [1.54, 1.807) is 36.6 Å². The van der Waals surface area contributed by atoms with Crippen LogP contribution >= 0.6 is 11.8 Å². The van der Waals surface area contributed by atoms with Crippen molar-refractivity contribution in [2.24, 2.45) is 10.7 Å². The first-order valence-corrected chi connectivity index (χ1v) is 7.29. The van der Waals surface area contributed by atoms with Crippen LogP contribution in [0.4, 0.5) is 18.9 Å². The first-order valence-electron chi connectivity index (χ1n) is 6.07. The van der Waals surface area contributed by atoms with Crippen LogP contribution in [0.5, 0.6) is 0 Å². The van der Waals surface area contributed by atoms with Crippen molar-refractivity contribution >= 4 is 22.6 Å². The Morgan fingerprint density at radius 1 is 1.00 bits per heavy atom. The molecule has 0 aliphatic carbocycles. The third-order valence-electron chi connectivity index (χ3n) is 2.87. The summed E-state index contributed by atoms with van der Waals surface area (Å²) in [6.45, 7) is 0. The molecule has 6 heteroatoms. The summed E-state index contributed by atoms with van der Waals surface area (Å²) in [5, 5.41) is 0.298. The summed E-state index contributed by atoms with van der Waals surface area (Å²) < 4.78 is 39.4. The number of nitrogens with zero attached hydrogens (tertiary/aromatic N) is 1. The van der Waals surface area contributed by atoms with Gasteiger partial charge in [0.25, 0.3) is 0 Å². The van der Waals surface area contributed by atoms with Gasteiger partial charge in [-0.15, -0.1) is 0 Å². The highest BCUT2D eigenvalue weighted by Crippen LogP contribution is 2.40. The van der Waals surface area contributed by atoms with Crippen molar-refractivity contribution in [1.82, 2.24) is 0 Å². The number of benzene rings is 2. The minimum Gasteiger partial charge on any atom is -0.378 e. The summed E-state index contributed by atoms with van der Waals surface area (Å²) in [5.41, 5.74) is 5.90. The fraction of sp³-hybridized carbons (Fsp3) is 0.133. The van der Waals surface area contributed by atoms with Crippen LogP contribution in [0.15, 0.2) is 53.5 Å². The van der Waals surface area contributed by atoms with Crippen molar-refractivity contribution in [3.63, 3.8) is 0 Å². The Hall–Kier alpha value is -1.95. The number of halogens is 3. The first-order chi connectivity index (χ1) is 9.93. The number of rotatable bonds is 2. The van der Waals surface area contributed by atoms with Crippen molar-refractivity contribution in [1.29, 1.82) is 0 Å². The second kappa shape index (κ2) is 6.22. The average molecular weight is 310 g/mol. The molecule has 0 heterocycles. The number of amidine groups is 1. The van der Waals surface area contributed by atoms with Crippen molar-refractivity contribution < 1.29 is 13.2 Å². The number of aliphatic imine (C=N–C) groups is 1. The maximum Gasteiger partial charge on any atom is 0.417 e. The Morgan fingerprint density at radius 3 is 2.19 bits per heavy atom. The summed E-state index contributed by atoms with van der Waals surface area (Å²) in [5.74, 6) is 0. The SMILES string of the molecule is CSC(N)=Nc1ccccc1-c1ccccc1C(F)(F)F. The zero-order valence-corrected chi connectivity index (χ0v) is 12.0. The molecule has 0 aromatic heterocycles. The molecule has 21 heavy (non-hydrogen) atoms. The van der Waals surface area contributed by atoms with Gasteiger partial charge in [-0.2, -0.15) is 13.2 Å². The van der Waals surface area contributed by atoms with Crippen LogP contribution in [0.2, 0.25) is 0 Å². The molecule has 0 fully saturated rings. The van der Waals surface area contributed by atoms with Crippen LogP contribution in [0.25, 0.3) is 11.1 Å². The molecule has 110 valence electrons. The molecule has 0 spiro atoms. The molecule has 2 rings (SSSR count). The van der Waals surface area contributed by atoms with Gasteiger partial charge in [-0.3, -0.25) is 0 Å². The third kappa shape index (κ3) is 3.58.